The summed E-state index contributed by atoms with van der Waals surface area (Å²) in [6.45, 7) is 8.12. The Morgan fingerprint density at radius 1 is 0.968 bits per heavy atom. The van der Waals surface area contributed by atoms with Crippen LogP contribution in [0.25, 0.3) is 17.1 Å². The van der Waals surface area contributed by atoms with Gasteiger partial charge in [-0.15, -0.1) is 5.10 Å². The van der Waals surface area contributed by atoms with Gasteiger partial charge in [0.25, 0.3) is 0 Å². The molecule has 1 aromatic heterocycles. The minimum Gasteiger partial charge on any atom is -0.347 e. The first-order valence-electron chi connectivity index (χ1n) is 10.9. The molecule has 0 radical (unpaired) electrons. The molecule has 0 saturated carbocycles. The Kier molecular flexibility index (Phi) is 5.52. The molecule has 2 aliphatic rings. The molecule has 6 nitrogen and oxygen atoms in total. The lowest BCUT2D eigenvalue weighted by Crippen LogP contribution is -2.45. The highest BCUT2D eigenvalue weighted by Gasteiger charge is 2.39. The molecule has 0 unspecified atom stereocenters. The van der Waals surface area contributed by atoms with Crippen LogP contribution in [-0.4, -0.2) is 51.3 Å². The minimum atomic E-state index is -0.369. The zero-order chi connectivity index (χ0) is 21.4. The van der Waals surface area contributed by atoms with E-state index in [0.717, 1.165) is 43.0 Å². The number of rotatable bonds is 4. The van der Waals surface area contributed by atoms with E-state index < -0.39 is 0 Å². The lowest BCUT2D eigenvalue weighted by molar-refractivity contribution is -0.187. The minimum absolute atomic E-state index is 0.369. The zero-order valence-corrected chi connectivity index (χ0v) is 18.9. The number of hydrogen-bond acceptors (Lipinski definition) is 5. The Hall–Kier alpha value is -2.32. The molecule has 2 aromatic carbocycles. The van der Waals surface area contributed by atoms with E-state index >= 15 is 0 Å². The number of hydrogen-bond donors (Lipinski definition) is 0. The van der Waals surface area contributed by atoms with Crippen molar-refractivity contribution in [3.8, 4) is 17.1 Å². The fourth-order valence-corrected chi connectivity index (χ4v) is 4.67. The summed E-state index contributed by atoms with van der Waals surface area (Å²) in [7, 11) is 0. The van der Waals surface area contributed by atoms with Crippen LogP contribution < -0.4 is 0 Å². The largest absolute Gasteiger partial charge is 0.347 e. The quantitative estimate of drug-likeness (QED) is 0.564. The smallest absolute Gasteiger partial charge is 0.204 e. The average Bonchev–Trinajstić information content (AvgIpc) is 3.37. The van der Waals surface area contributed by atoms with E-state index in [9.17, 15) is 0 Å². The van der Waals surface area contributed by atoms with Crippen LogP contribution in [0.1, 0.15) is 24.0 Å². The summed E-state index contributed by atoms with van der Waals surface area (Å²) >= 11 is 5.93. The van der Waals surface area contributed by atoms with Crippen LogP contribution in [0.2, 0.25) is 0 Å². The maximum Gasteiger partial charge on any atom is 0.204 e. The van der Waals surface area contributed by atoms with Gasteiger partial charge in [-0.1, -0.05) is 36.4 Å². The highest BCUT2D eigenvalue weighted by atomic mass is 32.1. The van der Waals surface area contributed by atoms with Crippen molar-refractivity contribution in [2.45, 2.75) is 39.1 Å². The predicted molar refractivity (Wildman–Crippen MR) is 123 cm³/mol. The van der Waals surface area contributed by atoms with Crippen LogP contribution >= 0.6 is 12.2 Å². The van der Waals surface area contributed by atoms with Crippen molar-refractivity contribution in [3.05, 3.63) is 64.4 Å². The van der Waals surface area contributed by atoms with Gasteiger partial charge in [-0.2, -0.15) is 0 Å². The van der Waals surface area contributed by atoms with Crippen LogP contribution in [0.3, 0.4) is 0 Å². The van der Waals surface area contributed by atoms with Gasteiger partial charge in [0.05, 0.1) is 25.6 Å². The summed E-state index contributed by atoms with van der Waals surface area (Å²) in [5, 5.41) is 4.96. The Labute approximate surface area is 188 Å². The van der Waals surface area contributed by atoms with Crippen molar-refractivity contribution in [1.29, 1.82) is 0 Å². The maximum absolute atomic E-state index is 5.93. The topological polar surface area (TPSA) is 44.5 Å². The zero-order valence-electron chi connectivity index (χ0n) is 18.1. The summed E-state index contributed by atoms with van der Waals surface area (Å²) in [4.78, 5) is 2.37. The third-order valence-corrected chi connectivity index (χ3v) is 6.78. The molecule has 31 heavy (non-hydrogen) atoms. The Morgan fingerprint density at radius 3 is 2.35 bits per heavy atom. The molecule has 0 atom stereocenters. The number of likely N-dealkylation sites (tertiary alicyclic amines) is 1. The number of benzene rings is 2. The van der Waals surface area contributed by atoms with E-state index in [-0.39, 0.29) is 5.79 Å². The highest BCUT2D eigenvalue weighted by molar-refractivity contribution is 7.71. The first-order chi connectivity index (χ1) is 15.0. The number of piperidine rings is 1. The Bertz CT molecular complexity index is 1120. The highest BCUT2D eigenvalue weighted by Crippen LogP contribution is 2.31. The number of aromatic nitrogens is 3. The van der Waals surface area contributed by atoms with Gasteiger partial charge in [-0.3, -0.25) is 9.47 Å². The van der Waals surface area contributed by atoms with E-state index in [1.807, 2.05) is 22.9 Å². The third-order valence-electron chi connectivity index (χ3n) is 6.39. The molecule has 0 N–H and O–H groups in total. The summed E-state index contributed by atoms with van der Waals surface area (Å²) in [6, 6.07) is 16.7. The Balaban J connectivity index is 1.48. The molecule has 3 aromatic rings. The number of ether oxygens (including phenoxy) is 2. The second-order valence-electron chi connectivity index (χ2n) is 8.44. The summed E-state index contributed by atoms with van der Waals surface area (Å²) in [5.74, 6) is 0.496. The fraction of sp³-hybridized carbons (Fsp3) is 0.417. The first-order valence-corrected chi connectivity index (χ1v) is 11.3. The second kappa shape index (κ2) is 8.31. The molecule has 0 bridgehead atoms. The fourth-order valence-electron chi connectivity index (χ4n) is 4.38. The molecular formula is C24H28N4O2S. The van der Waals surface area contributed by atoms with Gasteiger partial charge in [0.15, 0.2) is 11.6 Å². The number of nitrogens with zero attached hydrogens (tertiary/aromatic N) is 4. The number of aryl methyl sites for hydroxylation is 2. The molecule has 7 heteroatoms. The van der Waals surface area contributed by atoms with Crippen molar-refractivity contribution in [1.82, 2.24) is 19.2 Å². The predicted octanol–water partition coefficient (Wildman–Crippen LogP) is 4.48. The van der Waals surface area contributed by atoms with Crippen LogP contribution in [0, 0.1) is 18.6 Å². The standard InChI is InChI=1S/C24H28N4O2S/c1-18-8-9-21(16-19(18)2)28-22(20-6-4-3-5-7-20)25-27(23(28)31)17-26-12-10-24(11-13-26)29-14-15-30-24/h3-9,16H,10-15,17H2,1-2H3. The molecule has 162 valence electrons. The Morgan fingerprint density at radius 2 is 1.68 bits per heavy atom. The van der Waals surface area contributed by atoms with Crippen molar-refractivity contribution in [2.75, 3.05) is 26.3 Å². The maximum atomic E-state index is 5.93. The van der Waals surface area contributed by atoms with Gasteiger partial charge in [0.2, 0.25) is 4.77 Å². The van der Waals surface area contributed by atoms with E-state index in [0.29, 0.717) is 24.7 Å². The molecule has 0 aliphatic carbocycles. The molecule has 2 aliphatic heterocycles. The first kappa shape index (κ1) is 20.6. The average molecular weight is 437 g/mol. The van der Waals surface area contributed by atoms with Crippen molar-refractivity contribution in [2.24, 2.45) is 0 Å². The van der Waals surface area contributed by atoms with E-state index in [1.54, 1.807) is 0 Å². The van der Waals surface area contributed by atoms with Gasteiger partial charge in [0.1, 0.15) is 0 Å². The van der Waals surface area contributed by atoms with Gasteiger partial charge in [0, 0.05) is 31.5 Å². The lowest BCUT2D eigenvalue weighted by atomic mass is 10.0. The van der Waals surface area contributed by atoms with Crippen LogP contribution in [0.15, 0.2) is 48.5 Å². The molecule has 2 fully saturated rings. The third kappa shape index (κ3) is 3.99. The molecule has 5 rings (SSSR count). The molecule has 3 heterocycles. The normalized spacial score (nSPS) is 18.6. The summed E-state index contributed by atoms with van der Waals surface area (Å²) in [5.41, 5.74) is 4.60. The van der Waals surface area contributed by atoms with Crippen LogP contribution in [0.5, 0.6) is 0 Å². The van der Waals surface area contributed by atoms with Crippen LogP contribution in [-0.2, 0) is 16.1 Å². The molecule has 1 spiro atoms. The SMILES string of the molecule is Cc1ccc(-n2c(-c3ccccc3)nn(CN3CCC4(CC3)OCCO4)c2=S)cc1C. The van der Waals surface area contributed by atoms with Crippen LogP contribution in [0.4, 0.5) is 0 Å². The van der Waals surface area contributed by atoms with E-state index in [1.165, 1.54) is 11.1 Å². The molecule has 0 amide bonds. The van der Waals surface area contributed by atoms with E-state index in [4.69, 9.17) is 26.8 Å². The molecule has 2 saturated heterocycles. The van der Waals surface area contributed by atoms with Crippen molar-refractivity contribution >= 4 is 12.2 Å². The van der Waals surface area contributed by atoms with Gasteiger partial charge < -0.3 is 9.47 Å². The monoisotopic (exact) mass is 436 g/mol. The summed E-state index contributed by atoms with van der Waals surface area (Å²) in [6.07, 6.45) is 1.76. The van der Waals surface area contributed by atoms with Gasteiger partial charge in [-0.25, -0.2) is 4.68 Å². The summed E-state index contributed by atoms with van der Waals surface area (Å²) < 4.78 is 16.5. The van der Waals surface area contributed by atoms with E-state index in [2.05, 4.69) is 53.6 Å². The van der Waals surface area contributed by atoms with Gasteiger partial charge in [-0.05, 0) is 49.3 Å². The van der Waals surface area contributed by atoms with Gasteiger partial charge >= 0.3 is 0 Å². The van der Waals surface area contributed by atoms with Crippen molar-refractivity contribution < 1.29 is 9.47 Å². The molecular weight excluding hydrogens is 408 g/mol. The van der Waals surface area contributed by atoms with Crippen molar-refractivity contribution in [3.63, 3.8) is 0 Å². The lowest BCUT2D eigenvalue weighted by Gasteiger charge is -2.37. The second-order valence-corrected chi connectivity index (χ2v) is 8.81.